The van der Waals surface area contributed by atoms with Crippen molar-refractivity contribution in [2.24, 2.45) is 0 Å². The average Bonchev–Trinajstić information content (AvgIpc) is 3.58. The summed E-state index contributed by atoms with van der Waals surface area (Å²) in [7, 11) is 1.58. The molecule has 180 valence electrons. The lowest BCUT2D eigenvalue weighted by Crippen LogP contribution is -2.49. The summed E-state index contributed by atoms with van der Waals surface area (Å²) in [4.78, 5) is 33.8. The molecule has 36 heavy (non-hydrogen) atoms. The van der Waals surface area contributed by atoms with Crippen LogP contribution in [-0.2, 0) is 21.0 Å². The summed E-state index contributed by atoms with van der Waals surface area (Å²) in [5.41, 5.74) is 2.81. The molecule has 0 saturated carbocycles. The molecule has 3 aromatic carbocycles. The number of fused-ring (bicyclic) bond motifs is 2. The number of aromatic nitrogens is 2. The third kappa shape index (κ3) is 3.46. The van der Waals surface area contributed by atoms with Crippen LogP contribution in [0.4, 0.5) is 11.4 Å². The Morgan fingerprint density at radius 2 is 1.81 bits per heavy atom. The fourth-order valence-electron chi connectivity index (χ4n) is 4.61. The molecule has 3 heterocycles. The minimum Gasteiger partial charge on any atom is -0.497 e. The number of amides is 2. The monoisotopic (exact) mass is 518 g/mol. The lowest BCUT2D eigenvalue weighted by Gasteiger charge is -2.33. The molecule has 2 aliphatic heterocycles. The molecule has 0 aliphatic carbocycles. The van der Waals surface area contributed by atoms with Gasteiger partial charge < -0.3 is 14.2 Å². The van der Waals surface area contributed by atoms with Crippen molar-refractivity contribution >= 4 is 46.6 Å². The van der Waals surface area contributed by atoms with E-state index in [0.29, 0.717) is 33.9 Å². The highest BCUT2D eigenvalue weighted by molar-refractivity contribution is 8.02. The number of halogens is 1. The SMILES string of the molecule is COc1ccc(N2C(=O)CSC23C(=O)N(Cc2noc(-c4ccc(Cl)cc4)n2)c2ccccc23)cc1. The van der Waals surface area contributed by atoms with Crippen LogP contribution in [0.3, 0.4) is 0 Å². The number of hydrogen-bond donors (Lipinski definition) is 0. The van der Waals surface area contributed by atoms with Gasteiger partial charge in [0, 0.05) is 21.8 Å². The largest absolute Gasteiger partial charge is 0.497 e. The number of hydrogen-bond acceptors (Lipinski definition) is 7. The zero-order valence-electron chi connectivity index (χ0n) is 19.1. The van der Waals surface area contributed by atoms with Gasteiger partial charge in [-0.25, -0.2) is 0 Å². The van der Waals surface area contributed by atoms with E-state index in [9.17, 15) is 9.59 Å². The molecule has 1 fully saturated rings. The Kier molecular flexibility index (Phi) is 5.46. The standard InChI is InChI=1S/C26H19ClN4O4S/c1-34-19-12-10-18(11-13-19)31-23(32)15-36-26(31)20-4-2-3-5-21(20)30(25(26)33)14-22-28-24(35-29-22)16-6-8-17(27)9-7-16/h2-13H,14-15H2,1H3. The number of anilines is 2. The maximum absolute atomic E-state index is 14.1. The van der Waals surface area contributed by atoms with E-state index < -0.39 is 4.87 Å². The van der Waals surface area contributed by atoms with Gasteiger partial charge >= 0.3 is 0 Å². The van der Waals surface area contributed by atoms with Gasteiger partial charge in [-0.1, -0.05) is 35.0 Å². The lowest BCUT2D eigenvalue weighted by atomic mass is 10.0. The van der Waals surface area contributed by atoms with E-state index >= 15 is 0 Å². The Morgan fingerprint density at radius 3 is 2.56 bits per heavy atom. The van der Waals surface area contributed by atoms with Crippen LogP contribution in [0.15, 0.2) is 77.3 Å². The number of para-hydroxylation sites is 1. The molecule has 1 saturated heterocycles. The number of ether oxygens (including phenoxy) is 1. The topological polar surface area (TPSA) is 88.8 Å². The zero-order valence-corrected chi connectivity index (χ0v) is 20.6. The van der Waals surface area contributed by atoms with Gasteiger partial charge in [0.1, 0.15) is 5.75 Å². The van der Waals surface area contributed by atoms with E-state index in [-0.39, 0.29) is 24.1 Å². The predicted molar refractivity (Wildman–Crippen MR) is 137 cm³/mol. The molecule has 1 unspecified atom stereocenters. The molecule has 0 radical (unpaired) electrons. The molecule has 0 bridgehead atoms. The molecule has 4 aromatic rings. The van der Waals surface area contributed by atoms with E-state index in [1.165, 1.54) is 11.8 Å². The van der Waals surface area contributed by atoms with Gasteiger partial charge in [0.05, 0.1) is 25.1 Å². The molecule has 1 atom stereocenters. The molecule has 10 heteroatoms. The lowest BCUT2D eigenvalue weighted by molar-refractivity contribution is -0.123. The van der Waals surface area contributed by atoms with Gasteiger partial charge in [0.25, 0.3) is 11.8 Å². The van der Waals surface area contributed by atoms with E-state index in [1.54, 1.807) is 65.4 Å². The van der Waals surface area contributed by atoms with Crippen LogP contribution in [0.25, 0.3) is 11.5 Å². The summed E-state index contributed by atoms with van der Waals surface area (Å²) < 4.78 is 10.7. The molecular formula is C26H19ClN4O4S. The Morgan fingerprint density at radius 1 is 1.06 bits per heavy atom. The molecular weight excluding hydrogens is 500 g/mol. The minimum absolute atomic E-state index is 0.0971. The Labute approximate surface area is 215 Å². The van der Waals surface area contributed by atoms with Crippen molar-refractivity contribution in [2.75, 3.05) is 22.7 Å². The Balaban J connectivity index is 1.38. The van der Waals surface area contributed by atoms with Crippen LogP contribution in [0, 0.1) is 0 Å². The minimum atomic E-state index is -1.22. The van der Waals surface area contributed by atoms with Crippen molar-refractivity contribution in [2.45, 2.75) is 11.4 Å². The highest BCUT2D eigenvalue weighted by Gasteiger charge is 2.61. The zero-order chi connectivity index (χ0) is 24.9. The second kappa shape index (κ2) is 8.69. The van der Waals surface area contributed by atoms with E-state index in [2.05, 4.69) is 10.1 Å². The average molecular weight is 519 g/mol. The first-order valence-electron chi connectivity index (χ1n) is 11.1. The van der Waals surface area contributed by atoms with Crippen LogP contribution >= 0.6 is 23.4 Å². The van der Waals surface area contributed by atoms with Gasteiger partial charge in [0.2, 0.25) is 10.8 Å². The molecule has 1 aromatic heterocycles. The van der Waals surface area contributed by atoms with Gasteiger partial charge in [-0.15, -0.1) is 11.8 Å². The van der Waals surface area contributed by atoms with Crippen molar-refractivity contribution in [3.05, 3.63) is 89.2 Å². The van der Waals surface area contributed by atoms with Crippen molar-refractivity contribution in [1.82, 2.24) is 10.1 Å². The van der Waals surface area contributed by atoms with Crippen LogP contribution in [0.1, 0.15) is 11.4 Å². The smallest absolute Gasteiger partial charge is 0.269 e. The first-order chi connectivity index (χ1) is 17.5. The van der Waals surface area contributed by atoms with Crippen molar-refractivity contribution in [3.8, 4) is 17.2 Å². The highest BCUT2D eigenvalue weighted by atomic mass is 35.5. The number of carbonyl (C=O) groups is 2. The molecule has 2 amide bonds. The van der Waals surface area contributed by atoms with Gasteiger partial charge in [-0.3, -0.25) is 14.5 Å². The molecule has 8 nitrogen and oxygen atoms in total. The normalized spacial score (nSPS) is 18.8. The third-order valence-electron chi connectivity index (χ3n) is 6.25. The van der Waals surface area contributed by atoms with Crippen molar-refractivity contribution in [1.29, 1.82) is 0 Å². The number of nitrogens with zero attached hydrogens (tertiary/aromatic N) is 4. The van der Waals surface area contributed by atoms with Crippen LogP contribution < -0.4 is 14.5 Å². The number of carbonyl (C=O) groups excluding carboxylic acids is 2. The second-order valence-electron chi connectivity index (χ2n) is 8.29. The van der Waals surface area contributed by atoms with Gasteiger partial charge in [-0.2, -0.15) is 4.98 Å². The summed E-state index contributed by atoms with van der Waals surface area (Å²) >= 11 is 7.29. The first kappa shape index (κ1) is 22.6. The second-order valence-corrected chi connectivity index (χ2v) is 9.90. The third-order valence-corrected chi connectivity index (χ3v) is 7.89. The molecule has 1 spiro atoms. The summed E-state index contributed by atoms with van der Waals surface area (Å²) in [6, 6.07) is 21.7. The Bertz CT molecular complexity index is 1470. The van der Waals surface area contributed by atoms with Crippen molar-refractivity contribution < 1.29 is 18.8 Å². The fraction of sp³-hybridized carbons (Fsp3) is 0.154. The van der Waals surface area contributed by atoms with Crippen LogP contribution in [-0.4, -0.2) is 34.8 Å². The quantitative estimate of drug-likeness (QED) is 0.372. The first-order valence-corrected chi connectivity index (χ1v) is 12.5. The predicted octanol–water partition coefficient (Wildman–Crippen LogP) is 4.88. The molecule has 6 rings (SSSR count). The van der Waals surface area contributed by atoms with Crippen molar-refractivity contribution in [3.63, 3.8) is 0 Å². The molecule has 0 N–H and O–H groups in total. The number of rotatable bonds is 5. The number of methoxy groups -OCH3 is 1. The maximum Gasteiger partial charge on any atom is 0.269 e. The van der Waals surface area contributed by atoms with E-state index in [4.69, 9.17) is 20.9 Å². The van der Waals surface area contributed by atoms with E-state index in [1.807, 2.05) is 24.3 Å². The van der Waals surface area contributed by atoms with Crippen LogP contribution in [0.5, 0.6) is 5.75 Å². The summed E-state index contributed by atoms with van der Waals surface area (Å²) in [5.74, 6) is 1.17. The maximum atomic E-state index is 14.1. The fourth-order valence-corrected chi connectivity index (χ4v) is 6.10. The number of thioether (sulfide) groups is 1. The molecule has 2 aliphatic rings. The summed E-state index contributed by atoms with van der Waals surface area (Å²) in [6.45, 7) is 0.0971. The van der Waals surface area contributed by atoms with Crippen LogP contribution in [0.2, 0.25) is 5.02 Å². The van der Waals surface area contributed by atoms with Gasteiger partial charge in [0.15, 0.2) is 5.82 Å². The highest BCUT2D eigenvalue weighted by Crippen LogP contribution is 2.56. The Hall–Kier alpha value is -3.82. The summed E-state index contributed by atoms with van der Waals surface area (Å²) in [5, 5.41) is 4.70. The van der Waals surface area contributed by atoms with E-state index in [0.717, 1.165) is 11.1 Å². The number of benzene rings is 3. The van der Waals surface area contributed by atoms with Gasteiger partial charge in [-0.05, 0) is 54.6 Å². The summed E-state index contributed by atoms with van der Waals surface area (Å²) in [6.07, 6.45) is 0.